The van der Waals surface area contributed by atoms with Gasteiger partial charge in [-0.2, -0.15) is 0 Å². The van der Waals surface area contributed by atoms with Crippen LogP contribution in [0.2, 0.25) is 0 Å². The summed E-state index contributed by atoms with van der Waals surface area (Å²) in [4.78, 5) is 0.330. The molecule has 0 bridgehead atoms. The maximum absolute atomic E-state index is 12.5. The van der Waals surface area contributed by atoms with E-state index in [-0.39, 0.29) is 5.75 Å². The van der Waals surface area contributed by atoms with Crippen LogP contribution in [0, 0.1) is 13.8 Å². The van der Waals surface area contributed by atoms with Gasteiger partial charge < -0.3 is 0 Å². The van der Waals surface area contributed by atoms with Gasteiger partial charge in [0.05, 0.1) is 10.6 Å². The summed E-state index contributed by atoms with van der Waals surface area (Å²) in [5.74, 6) is -0.0169. The second-order valence-corrected chi connectivity index (χ2v) is 8.45. The zero-order valence-electron chi connectivity index (χ0n) is 11.2. The lowest BCUT2D eigenvalue weighted by atomic mass is 10.2. The first-order valence-corrected chi connectivity index (χ1v) is 9.27. The SMILES string of the molecule is Cc1ccc(S(=O)(=O)Cc2cc(C)ccc2Br)c(Br)c1. The number of hydrogen-bond donors (Lipinski definition) is 0. The summed E-state index contributed by atoms with van der Waals surface area (Å²) in [6, 6.07) is 11.0. The Balaban J connectivity index is 2.43. The molecule has 0 radical (unpaired) electrons. The molecule has 5 heteroatoms. The summed E-state index contributed by atoms with van der Waals surface area (Å²) in [7, 11) is -3.38. The van der Waals surface area contributed by atoms with Crippen molar-refractivity contribution in [3.63, 3.8) is 0 Å². The standard InChI is InChI=1S/C15H14Br2O2S/c1-10-3-5-13(16)12(7-10)9-20(18,19)15-6-4-11(2)8-14(15)17/h3-8H,9H2,1-2H3. The average molecular weight is 418 g/mol. The largest absolute Gasteiger partial charge is 0.223 e. The predicted molar refractivity (Wildman–Crippen MR) is 88.6 cm³/mol. The molecule has 0 amide bonds. The lowest BCUT2D eigenvalue weighted by Gasteiger charge is -2.09. The van der Waals surface area contributed by atoms with Gasteiger partial charge in [-0.05, 0) is 59.1 Å². The molecule has 0 aliphatic rings. The Morgan fingerprint density at radius 1 is 0.900 bits per heavy atom. The number of benzene rings is 2. The highest BCUT2D eigenvalue weighted by atomic mass is 79.9. The van der Waals surface area contributed by atoms with Crippen LogP contribution in [0.5, 0.6) is 0 Å². The minimum atomic E-state index is -3.38. The fourth-order valence-corrected chi connectivity index (χ4v) is 5.20. The molecule has 0 unspecified atom stereocenters. The molecule has 0 aliphatic heterocycles. The highest BCUT2D eigenvalue weighted by Crippen LogP contribution is 2.28. The third kappa shape index (κ3) is 3.51. The molecule has 0 aliphatic carbocycles. The molecule has 0 heterocycles. The Hall–Kier alpha value is -0.650. The van der Waals surface area contributed by atoms with Gasteiger partial charge in [-0.25, -0.2) is 8.42 Å². The fraction of sp³-hybridized carbons (Fsp3) is 0.200. The van der Waals surface area contributed by atoms with Gasteiger partial charge in [-0.3, -0.25) is 0 Å². The summed E-state index contributed by atoms with van der Waals surface area (Å²) in [5, 5.41) is 0. The van der Waals surface area contributed by atoms with E-state index in [1.807, 2.05) is 44.2 Å². The van der Waals surface area contributed by atoms with Crippen molar-refractivity contribution in [1.82, 2.24) is 0 Å². The van der Waals surface area contributed by atoms with Crippen molar-refractivity contribution < 1.29 is 8.42 Å². The normalized spacial score (nSPS) is 11.6. The van der Waals surface area contributed by atoms with Crippen molar-refractivity contribution in [2.24, 2.45) is 0 Å². The third-order valence-corrected chi connectivity index (χ3v) is 6.38. The van der Waals surface area contributed by atoms with Crippen LogP contribution < -0.4 is 0 Å². The van der Waals surface area contributed by atoms with Crippen molar-refractivity contribution in [3.8, 4) is 0 Å². The zero-order chi connectivity index (χ0) is 14.9. The summed E-state index contributed by atoms with van der Waals surface area (Å²) in [5.41, 5.74) is 2.84. The van der Waals surface area contributed by atoms with E-state index < -0.39 is 9.84 Å². The monoisotopic (exact) mass is 416 g/mol. The number of rotatable bonds is 3. The summed E-state index contributed by atoms with van der Waals surface area (Å²) in [6.07, 6.45) is 0. The predicted octanol–water partition coefficient (Wildman–Crippen LogP) is 4.80. The molecule has 20 heavy (non-hydrogen) atoms. The Labute approximate surface area is 136 Å². The molecule has 106 valence electrons. The van der Waals surface area contributed by atoms with Crippen molar-refractivity contribution >= 4 is 41.7 Å². The average Bonchev–Trinajstić information content (AvgIpc) is 2.33. The molecule has 2 nitrogen and oxygen atoms in total. The molecule has 0 aromatic heterocycles. The maximum Gasteiger partial charge on any atom is 0.183 e. The molecule has 2 aromatic rings. The molecule has 0 spiro atoms. The van der Waals surface area contributed by atoms with Crippen LogP contribution in [0.3, 0.4) is 0 Å². The second-order valence-electron chi connectivity index (χ2n) is 4.79. The molecular formula is C15H14Br2O2S. The maximum atomic E-state index is 12.5. The summed E-state index contributed by atoms with van der Waals surface area (Å²) in [6.45, 7) is 3.88. The van der Waals surface area contributed by atoms with Crippen LogP contribution in [0.25, 0.3) is 0 Å². The zero-order valence-corrected chi connectivity index (χ0v) is 15.1. The highest BCUT2D eigenvalue weighted by molar-refractivity contribution is 9.10. The van der Waals surface area contributed by atoms with E-state index in [0.29, 0.717) is 9.37 Å². The Kier molecular flexibility index (Phi) is 4.72. The van der Waals surface area contributed by atoms with Crippen LogP contribution in [0.1, 0.15) is 16.7 Å². The number of halogens is 2. The van der Waals surface area contributed by atoms with Crippen LogP contribution in [-0.4, -0.2) is 8.42 Å². The summed E-state index contributed by atoms with van der Waals surface area (Å²) >= 11 is 6.75. The van der Waals surface area contributed by atoms with E-state index in [4.69, 9.17) is 0 Å². The van der Waals surface area contributed by atoms with Crippen LogP contribution in [0.4, 0.5) is 0 Å². The van der Waals surface area contributed by atoms with E-state index in [1.165, 1.54) is 0 Å². The lowest BCUT2D eigenvalue weighted by molar-refractivity contribution is 0.594. The molecule has 0 fully saturated rings. The van der Waals surface area contributed by atoms with Crippen molar-refractivity contribution in [1.29, 1.82) is 0 Å². The molecule has 0 saturated heterocycles. The van der Waals surface area contributed by atoms with E-state index in [0.717, 1.165) is 21.2 Å². The second kappa shape index (κ2) is 6.00. The van der Waals surface area contributed by atoms with Gasteiger partial charge >= 0.3 is 0 Å². The first-order chi connectivity index (χ1) is 9.29. The molecule has 2 rings (SSSR count). The van der Waals surface area contributed by atoms with Crippen molar-refractivity contribution in [3.05, 3.63) is 62.0 Å². The van der Waals surface area contributed by atoms with Gasteiger partial charge in [0.25, 0.3) is 0 Å². The first-order valence-electron chi connectivity index (χ1n) is 6.03. The number of sulfone groups is 1. The molecule has 0 N–H and O–H groups in total. The molecule has 2 aromatic carbocycles. The Morgan fingerprint density at radius 2 is 1.50 bits per heavy atom. The van der Waals surface area contributed by atoms with Gasteiger partial charge in [-0.1, -0.05) is 39.7 Å². The quantitative estimate of drug-likeness (QED) is 0.718. The smallest absolute Gasteiger partial charge is 0.183 e. The van der Waals surface area contributed by atoms with E-state index in [1.54, 1.807) is 6.07 Å². The van der Waals surface area contributed by atoms with Crippen LogP contribution >= 0.6 is 31.9 Å². The minimum absolute atomic E-state index is 0.0169. The van der Waals surface area contributed by atoms with Crippen LogP contribution in [0.15, 0.2) is 50.2 Å². The van der Waals surface area contributed by atoms with Gasteiger partial charge in [0.1, 0.15) is 0 Å². The minimum Gasteiger partial charge on any atom is -0.223 e. The third-order valence-electron chi connectivity index (χ3n) is 2.97. The van der Waals surface area contributed by atoms with Gasteiger partial charge in [-0.15, -0.1) is 0 Å². The van der Waals surface area contributed by atoms with E-state index >= 15 is 0 Å². The van der Waals surface area contributed by atoms with Crippen molar-refractivity contribution in [2.45, 2.75) is 24.5 Å². The van der Waals surface area contributed by atoms with E-state index in [9.17, 15) is 8.42 Å². The molecular weight excluding hydrogens is 404 g/mol. The Bertz CT molecular complexity index is 752. The number of hydrogen-bond acceptors (Lipinski definition) is 2. The fourth-order valence-electron chi connectivity index (χ4n) is 1.95. The van der Waals surface area contributed by atoms with Gasteiger partial charge in [0.2, 0.25) is 0 Å². The summed E-state index contributed by atoms with van der Waals surface area (Å²) < 4.78 is 26.5. The van der Waals surface area contributed by atoms with Crippen molar-refractivity contribution in [2.75, 3.05) is 0 Å². The Morgan fingerprint density at radius 3 is 2.15 bits per heavy atom. The highest BCUT2D eigenvalue weighted by Gasteiger charge is 2.19. The van der Waals surface area contributed by atoms with Gasteiger partial charge in [0.15, 0.2) is 9.84 Å². The van der Waals surface area contributed by atoms with E-state index in [2.05, 4.69) is 31.9 Å². The molecule has 0 saturated carbocycles. The lowest BCUT2D eigenvalue weighted by Crippen LogP contribution is -2.06. The molecule has 0 atom stereocenters. The topological polar surface area (TPSA) is 34.1 Å². The first kappa shape index (κ1) is 15.7. The van der Waals surface area contributed by atoms with Crippen LogP contribution in [-0.2, 0) is 15.6 Å². The number of aryl methyl sites for hydroxylation is 2. The van der Waals surface area contributed by atoms with Gasteiger partial charge in [0, 0.05) is 8.95 Å².